The number of nitrogens with one attached hydrogen (secondary N) is 1. The van der Waals surface area contributed by atoms with Crippen LogP contribution in [0.2, 0.25) is 0 Å². The predicted octanol–water partition coefficient (Wildman–Crippen LogP) is 2.94. The van der Waals surface area contributed by atoms with E-state index in [2.05, 4.69) is 45.0 Å². The highest BCUT2D eigenvalue weighted by Crippen LogP contribution is 2.34. The summed E-state index contributed by atoms with van der Waals surface area (Å²) in [5, 5.41) is 4.65. The van der Waals surface area contributed by atoms with Crippen LogP contribution in [0.5, 0.6) is 0 Å². The summed E-state index contributed by atoms with van der Waals surface area (Å²) < 4.78 is 5.93. The highest BCUT2D eigenvalue weighted by Gasteiger charge is 2.28. The zero-order valence-electron chi connectivity index (χ0n) is 14.0. The largest absolute Gasteiger partial charge is 0.368 e. The summed E-state index contributed by atoms with van der Waals surface area (Å²) in [7, 11) is 2.15. The normalized spacial score (nSPS) is 20.9. The molecule has 1 fully saturated rings. The number of rotatable bonds is 5. The molecule has 1 aromatic rings. The first-order valence-corrected chi connectivity index (χ1v) is 8.74. The molecule has 0 amide bonds. The fraction of sp³-hybridized carbons (Fsp3) is 0.812. The Morgan fingerprint density at radius 1 is 1.43 bits per heavy atom. The van der Waals surface area contributed by atoms with Crippen LogP contribution in [-0.2, 0) is 16.7 Å². The Hall–Kier alpha value is -0.490. The standard InChI is InChI=1S/C16H29N3OS/c1-6-7-17-10-13-14(16(2,3)4)18-15(21-13)12-11-19(5)8-9-20-12/h12,17H,6-11H2,1-5H3. The van der Waals surface area contributed by atoms with Crippen LogP contribution < -0.4 is 5.32 Å². The molecule has 1 aromatic heterocycles. The first kappa shape index (κ1) is 16.9. The van der Waals surface area contributed by atoms with Crippen molar-refractivity contribution >= 4 is 11.3 Å². The molecular formula is C16H29N3OS. The molecule has 0 radical (unpaired) electrons. The average Bonchev–Trinajstić information content (AvgIpc) is 2.83. The van der Waals surface area contributed by atoms with Crippen LogP contribution in [0.25, 0.3) is 0 Å². The quantitative estimate of drug-likeness (QED) is 0.849. The SMILES string of the molecule is CCCNCc1sc(C2CN(C)CCO2)nc1C(C)(C)C. The lowest BCUT2D eigenvalue weighted by Crippen LogP contribution is -2.35. The van der Waals surface area contributed by atoms with Gasteiger partial charge in [-0.3, -0.25) is 0 Å². The monoisotopic (exact) mass is 311 g/mol. The summed E-state index contributed by atoms with van der Waals surface area (Å²) >= 11 is 1.82. The Labute approximate surface area is 132 Å². The molecule has 2 heterocycles. The van der Waals surface area contributed by atoms with Crippen LogP contribution in [0, 0.1) is 0 Å². The second-order valence-electron chi connectivity index (χ2n) is 6.87. The van der Waals surface area contributed by atoms with Gasteiger partial charge in [-0.1, -0.05) is 27.7 Å². The van der Waals surface area contributed by atoms with Crippen LogP contribution in [0.1, 0.15) is 55.8 Å². The molecule has 0 spiro atoms. The molecule has 1 aliphatic heterocycles. The van der Waals surface area contributed by atoms with Crippen molar-refractivity contribution < 1.29 is 4.74 Å². The predicted molar refractivity (Wildman–Crippen MR) is 89.0 cm³/mol. The van der Waals surface area contributed by atoms with E-state index in [1.165, 1.54) is 10.6 Å². The van der Waals surface area contributed by atoms with E-state index in [1.54, 1.807) is 0 Å². The summed E-state index contributed by atoms with van der Waals surface area (Å²) in [6, 6.07) is 0. The minimum absolute atomic E-state index is 0.0819. The van der Waals surface area contributed by atoms with E-state index in [9.17, 15) is 0 Å². The van der Waals surface area contributed by atoms with E-state index in [4.69, 9.17) is 9.72 Å². The van der Waals surface area contributed by atoms with Crippen LogP contribution in [0.3, 0.4) is 0 Å². The topological polar surface area (TPSA) is 37.4 Å². The molecule has 1 atom stereocenters. The summed E-state index contributed by atoms with van der Waals surface area (Å²) in [5.74, 6) is 0. The van der Waals surface area contributed by atoms with Crippen molar-refractivity contribution in [3.63, 3.8) is 0 Å². The Morgan fingerprint density at radius 2 is 2.19 bits per heavy atom. The lowest BCUT2D eigenvalue weighted by molar-refractivity contribution is -0.0210. The first-order valence-electron chi connectivity index (χ1n) is 7.92. The second kappa shape index (κ2) is 7.18. The van der Waals surface area contributed by atoms with Crippen molar-refractivity contribution in [2.45, 2.75) is 52.2 Å². The van der Waals surface area contributed by atoms with Gasteiger partial charge < -0.3 is 15.0 Å². The number of hydrogen-bond donors (Lipinski definition) is 1. The smallest absolute Gasteiger partial charge is 0.123 e. The summed E-state index contributed by atoms with van der Waals surface area (Å²) in [4.78, 5) is 8.63. The van der Waals surface area contributed by atoms with E-state index in [1.807, 2.05) is 11.3 Å². The van der Waals surface area contributed by atoms with Gasteiger partial charge >= 0.3 is 0 Å². The number of hydrogen-bond acceptors (Lipinski definition) is 5. The molecule has 1 N–H and O–H groups in total. The number of thiazole rings is 1. The molecular weight excluding hydrogens is 282 g/mol. The number of likely N-dealkylation sites (N-methyl/N-ethyl adjacent to an activating group) is 1. The number of morpholine rings is 1. The van der Waals surface area contributed by atoms with Gasteiger partial charge in [0.1, 0.15) is 11.1 Å². The van der Waals surface area contributed by atoms with E-state index in [0.29, 0.717) is 0 Å². The van der Waals surface area contributed by atoms with Crippen LogP contribution in [-0.4, -0.2) is 43.2 Å². The van der Waals surface area contributed by atoms with Crippen LogP contribution in [0.4, 0.5) is 0 Å². The number of aromatic nitrogens is 1. The van der Waals surface area contributed by atoms with Crippen molar-refractivity contribution in [3.8, 4) is 0 Å². The summed E-state index contributed by atoms with van der Waals surface area (Å²) in [6.07, 6.45) is 1.29. The van der Waals surface area contributed by atoms with Crippen molar-refractivity contribution in [2.24, 2.45) is 0 Å². The van der Waals surface area contributed by atoms with Gasteiger partial charge in [0.15, 0.2) is 0 Å². The minimum Gasteiger partial charge on any atom is -0.368 e. The zero-order chi connectivity index (χ0) is 15.5. The van der Waals surface area contributed by atoms with Crippen LogP contribution in [0.15, 0.2) is 0 Å². The highest BCUT2D eigenvalue weighted by molar-refractivity contribution is 7.11. The van der Waals surface area contributed by atoms with Crippen molar-refractivity contribution in [3.05, 3.63) is 15.6 Å². The molecule has 2 rings (SSSR count). The molecule has 0 bridgehead atoms. The zero-order valence-corrected chi connectivity index (χ0v) is 14.8. The van der Waals surface area contributed by atoms with Gasteiger partial charge in [-0.05, 0) is 20.0 Å². The highest BCUT2D eigenvalue weighted by atomic mass is 32.1. The fourth-order valence-electron chi connectivity index (χ4n) is 2.52. The molecule has 0 aromatic carbocycles. The molecule has 1 saturated heterocycles. The van der Waals surface area contributed by atoms with Gasteiger partial charge in [-0.25, -0.2) is 4.98 Å². The first-order chi connectivity index (χ1) is 9.91. The molecule has 0 aliphatic carbocycles. The van der Waals surface area contributed by atoms with Gasteiger partial charge in [0.05, 0.1) is 12.3 Å². The maximum absolute atomic E-state index is 5.93. The average molecular weight is 311 g/mol. The van der Waals surface area contributed by atoms with Gasteiger partial charge in [-0.15, -0.1) is 11.3 Å². The van der Waals surface area contributed by atoms with Gasteiger partial charge in [0, 0.05) is 29.9 Å². The molecule has 21 heavy (non-hydrogen) atoms. The van der Waals surface area contributed by atoms with Crippen molar-refractivity contribution in [1.82, 2.24) is 15.2 Å². The van der Waals surface area contributed by atoms with Gasteiger partial charge in [0.2, 0.25) is 0 Å². The Morgan fingerprint density at radius 3 is 2.81 bits per heavy atom. The van der Waals surface area contributed by atoms with E-state index < -0.39 is 0 Å². The van der Waals surface area contributed by atoms with E-state index >= 15 is 0 Å². The second-order valence-corrected chi connectivity index (χ2v) is 7.99. The molecule has 1 unspecified atom stereocenters. The lowest BCUT2D eigenvalue weighted by atomic mass is 9.91. The third-order valence-corrected chi connectivity index (χ3v) is 4.83. The molecule has 4 nitrogen and oxygen atoms in total. The number of nitrogens with zero attached hydrogens (tertiary/aromatic N) is 2. The van der Waals surface area contributed by atoms with Crippen molar-refractivity contribution in [1.29, 1.82) is 0 Å². The minimum atomic E-state index is 0.0819. The Balaban J connectivity index is 2.18. The third kappa shape index (κ3) is 4.49. The molecule has 120 valence electrons. The fourth-order valence-corrected chi connectivity index (χ4v) is 3.81. The summed E-state index contributed by atoms with van der Waals surface area (Å²) in [6.45, 7) is 13.6. The number of ether oxygens (including phenoxy) is 1. The maximum Gasteiger partial charge on any atom is 0.123 e. The molecule has 5 heteroatoms. The van der Waals surface area contributed by atoms with Crippen LogP contribution >= 0.6 is 11.3 Å². The van der Waals surface area contributed by atoms with E-state index in [0.717, 1.165) is 44.2 Å². The third-order valence-electron chi connectivity index (χ3n) is 3.68. The van der Waals surface area contributed by atoms with E-state index in [-0.39, 0.29) is 11.5 Å². The lowest BCUT2D eigenvalue weighted by Gasteiger charge is -2.28. The Bertz CT molecular complexity index is 453. The Kier molecular flexibility index (Phi) is 5.77. The molecule has 1 aliphatic rings. The molecule has 0 saturated carbocycles. The van der Waals surface area contributed by atoms with Gasteiger partial charge in [-0.2, -0.15) is 0 Å². The van der Waals surface area contributed by atoms with Crippen molar-refractivity contribution in [2.75, 3.05) is 33.3 Å². The maximum atomic E-state index is 5.93. The summed E-state index contributed by atoms with van der Waals surface area (Å²) in [5.41, 5.74) is 1.31. The van der Waals surface area contributed by atoms with Gasteiger partial charge in [0.25, 0.3) is 0 Å².